The van der Waals surface area contributed by atoms with Crippen LogP contribution in [0, 0.1) is 0 Å². The summed E-state index contributed by atoms with van der Waals surface area (Å²) in [6.45, 7) is 0. The quantitative estimate of drug-likeness (QED) is 0.741. The first-order valence-corrected chi connectivity index (χ1v) is 3.96. The number of Topliss-reactive ketones (excluding diaryl/α,β-unsaturated/α-hetero) is 1. The van der Waals surface area contributed by atoms with Crippen LogP contribution in [0.15, 0.2) is 0 Å². The molecule has 0 radical (unpaired) electrons. The number of ketones is 1. The van der Waals surface area contributed by atoms with Crippen molar-refractivity contribution in [3.63, 3.8) is 0 Å². The van der Waals surface area contributed by atoms with Crippen molar-refractivity contribution in [1.29, 1.82) is 0 Å². The Hall–Kier alpha value is -0.830. The topological polar surface area (TPSA) is 57.5 Å². The number of rotatable bonds is 4. The first-order valence-electron chi connectivity index (χ1n) is 3.96. The van der Waals surface area contributed by atoms with Gasteiger partial charge in [0, 0.05) is 12.8 Å². The van der Waals surface area contributed by atoms with Gasteiger partial charge in [0.15, 0.2) is 12.2 Å². The fourth-order valence-electron chi connectivity index (χ4n) is 0.746. The molecule has 9 heteroatoms. The number of alkyl halides is 6. The highest BCUT2D eigenvalue weighted by Gasteiger charge is 2.42. The molecule has 0 aliphatic carbocycles. The fourth-order valence-corrected chi connectivity index (χ4v) is 0.746. The molecule has 0 unspecified atom stereocenters. The van der Waals surface area contributed by atoms with Crippen LogP contribution in [0.4, 0.5) is 26.3 Å². The third-order valence-corrected chi connectivity index (χ3v) is 1.60. The highest BCUT2D eigenvalue weighted by molar-refractivity contribution is 5.79. The van der Waals surface area contributed by atoms with E-state index in [0.29, 0.717) is 0 Å². The van der Waals surface area contributed by atoms with E-state index in [9.17, 15) is 31.1 Å². The molecule has 0 aliphatic heterocycles. The first-order chi connectivity index (χ1) is 6.94. The predicted octanol–water partition coefficient (Wildman–Crippen LogP) is 1.18. The SMILES string of the molecule is O=C(C[C@H](O)C(F)(F)F)C[C@H](O)C(F)(F)F. The number of aliphatic hydroxyl groups excluding tert-OH is 2. The number of carbonyl (C=O) groups excluding carboxylic acids is 1. The monoisotopic (exact) mass is 254 g/mol. The molecule has 0 spiro atoms. The summed E-state index contributed by atoms with van der Waals surface area (Å²) in [5, 5.41) is 16.7. The Morgan fingerprint density at radius 1 is 0.875 bits per heavy atom. The molecule has 16 heavy (non-hydrogen) atoms. The van der Waals surface area contributed by atoms with Crippen LogP contribution in [0.1, 0.15) is 12.8 Å². The van der Waals surface area contributed by atoms with E-state index in [-0.39, 0.29) is 0 Å². The number of hydrogen-bond donors (Lipinski definition) is 2. The van der Waals surface area contributed by atoms with Gasteiger partial charge in [-0.1, -0.05) is 0 Å². The van der Waals surface area contributed by atoms with Crippen LogP contribution in [-0.4, -0.2) is 40.6 Å². The Balaban J connectivity index is 4.21. The molecule has 0 aromatic heterocycles. The largest absolute Gasteiger partial charge is 0.414 e. The summed E-state index contributed by atoms with van der Waals surface area (Å²) in [4.78, 5) is 10.6. The third kappa shape index (κ3) is 5.31. The molecule has 0 aromatic carbocycles. The van der Waals surface area contributed by atoms with Crippen molar-refractivity contribution < 1.29 is 41.4 Å². The van der Waals surface area contributed by atoms with Gasteiger partial charge in [0.1, 0.15) is 5.78 Å². The molecule has 0 heterocycles. The van der Waals surface area contributed by atoms with Gasteiger partial charge in [-0.3, -0.25) is 4.79 Å². The van der Waals surface area contributed by atoms with E-state index in [1.54, 1.807) is 0 Å². The average Bonchev–Trinajstić information content (AvgIpc) is 1.99. The molecule has 96 valence electrons. The van der Waals surface area contributed by atoms with Crippen molar-refractivity contribution in [3.05, 3.63) is 0 Å². The lowest BCUT2D eigenvalue weighted by atomic mass is 10.1. The second-order valence-corrected chi connectivity index (χ2v) is 3.06. The highest BCUT2D eigenvalue weighted by atomic mass is 19.4. The molecule has 0 aromatic rings. The first kappa shape index (κ1) is 15.2. The minimum atomic E-state index is -5.07. The maximum atomic E-state index is 11.7. The van der Waals surface area contributed by atoms with Gasteiger partial charge in [-0.2, -0.15) is 26.3 Å². The van der Waals surface area contributed by atoms with E-state index in [0.717, 1.165) is 0 Å². The Morgan fingerprint density at radius 3 is 1.31 bits per heavy atom. The molecular weight excluding hydrogens is 246 g/mol. The predicted molar refractivity (Wildman–Crippen MR) is 38.4 cm³/mol. The molecule has 0 fully saturated rings. The lowest BCUT2D eigenvalue weighted by molar-refractivity contribution is -0.212. The van der Waals surface area contributed by atoms with Crippen LogP contribution < -0.4 is 0 Å². The molecule has 0 aliphatic rings. The van der Waals surface area contributed by atoms with Crippen molar-refractivity contribution in [2.24, 2.45) is 0 Å². The maximum Gasteiger partial charge on any atom is 0.414 e. The van der Waals surface area contributed by atoms with E-state index in [2.05, 4.69) is 0 Å². The Morgan fingerprint density at radius 2 is 1.12 bits per heavy atom. The Labute approximate surface area is 85.7 Å². The van der Waals surface area contributed by atoms with Crippen LogP contribution in [0.2, 0.25) is 0 Å². The smallest absolute Gasteiger partial charge is 0.383 e. The molecule has 2 N–H and O–H groups in total. The third-order valence-electron chi connectivity index (χ3n) is 1.60. The lowest BCUT2D eigenvalue weighted by Gasteiger charge is -2.16. The number of aliphatic hydroxyl groups is 2. The number of carbonyl (C=O) groups is 1. The second-order valence-electron chi connectivity index (χ2n) is 3.06. The molecule has 3 nitrogen and oxygen atoms in total. The lowest BCUT2D eigenvalue weighted by Crippen LogP contribution is -2.35. The van der Waals surface area contributed by atoms with Crippen LogP contribution in [0.25, 0.3) is 0 Å². The van der Waals surface area contributed by atoms with E-state index in [4.69, 9.17) is 10.2 Å². The van der Waals surface area contributed by atoms with Gasteiger partial charge >= 0.3 is 12.4 Å². The zero-order chi connectivity index (χ0) is 13.1. The highest BCUT2D eigenvalue weighted by Crippen LogP contribution is 2.25. The second kappa shape index (κ2) is 5.00. The molecular formula is C7H8F6O3. The van der Waals surface area contributed by atoms with Gasteiger partial charge in [0.25, 0.3) is 0 Å². The summed E-state index contributed by atoms with van der Waals surface area (Å²) in [7, 11) is 0. The van der Waals surface area contributed by atoms with Crippen molar-refractivity contribution in [3.8, 4) is 0 Å². The number of halogens is 6. The van der Waals surface area contributed by atoms with Gasteiger partial charge in [-0.15, -0.1) is 0 Å². The Bertz CT molecular complexity index is 221. The normalized spacial score (nSPS) is 17.0. The summed E-state index contributed by atoms with van der Waals surface area (Å²) < 4.78 is 70.2. The van der Waals surface area contributed by atoms with Gasteiger partial charge in [0.2, 0.25) is 0 Å². The van der Waals surface area contributed by atoms with Crippen LogP contribution >= 0.6 is 0 Å². The molecule has 0 amide bonds. The van der Waals surface area contributed by atoms with E-state index >= 15 is 0 Å². The zero-order valence-corrected chi connectivity index (χ0v) is 7.64. The summed E-state index contributed by atoms with van der Waals surface area (Å²) in [6, 6.07) is 0. The molecule has 0 rings (SSSR count). The van der Waals surface area contributed by atoms with Gasteiger partial charge in [0.05, 0.1) is 0 Å². The van der Waals surface area contributed by atoms with E-state index in [1.165, 1.54) is 0 Å². The minimum absolute atomic E-state index is 1.50. The minimum Gasteiger partial charge on any atom is -0.383 e. The molecule has 0 saturated carbocycles. The summed E-state index contributed by atoms with van der Waals surface area (Å²) in [5.74, 6) is -1.52. The summed E-state index contributed by atoms with van der Waals surface area (Å²) in [6.07, 6.45) is -19.2. The average molecular weight is 254 g/mol. The van der Waals surface area contributed by atoms with E-state index in [1.807, 2.05) is 0 Å². The molecule has 0 saturated heterocycles. The van der Waals surface area contributed by atoms with E-state index < -0.39 is 43.2 Å². The number of hydrogen-bond acceptors (Lipinski definition) is 3. The van der Waals surface area contributed by atoms with Gasteiger partial charge in [-0.25, -0.2) is 0 Å². The maximum absolute atomic E-state index is 11.7. The van der Waals surface area contributed by atoms with Crippen molar-refractivity contribution in [2.75, 3.05) is 0 Å². The zero-order valence-electron chi connectivity index (χ0n) is 7.64. The van der Waals surface area contributed by atoms with Crippen molar-refractivity contribution in [1.82, 2.24) is 0 Å². The molecule has 2 atom stereocenters. The summed E-state index contributed by atoms with van der Waals surface area (Å²) >= 11 is 0. The molecule has 0 bridgehead atoms. The van der Waals surface area contributed by atoms with Crippen molar-refractivity contribution >= 4 is 5.78 Å². The van der Waals surface area contributed by atoms with Gasteiger partial charge in [-0.05, 0) is 0 Å². The van der Waals surface area contributed by atoms with Crippen LogP contribution in [-0.2, 0) is 4.79 Å². The van der Waals surface area contributed by atoms with Crippen LogP contribution in [0.5, 0.6) is 0 Å². The Kier molecular flexibility index (Phi) is 4.74. The fraction of sp³-hybridized carbons (Fsp3) is 0.857. The van der Waals surface area contributed by atoms with Gasteiger partial charge < -0.3 is 10.2 Å². The van der Waals surface area contributed by atoms with Crippen molar-refractivity contribution in [2.45, 2.75) is 37.4 Å². The standard InChI is InChI=1S/C7H8F6O3/c8-6(9,10)4(15)1-3(14)2-5(16)7(11,12)13/h4-5,15-16H,1-2H2/t4-,5-/m0/s1. The summed E-state index contributed by atoms with van der Waals surface area (Å²) in [5.41, 5.74) is 0. The van der Waals surface area contributed by atoms with Crippen LogP contribution in [0.3, 0.4) is 0 Å².